The first-order valence-corrected chi connectivity index (χ1v) is 6.86. The Morgan fingerprint density at radius 1 is 1.20 bits per heavy atom. The van der Waals surface area contributed by atoms with E-state index in [0.29, 0.717) is 12.2 Å². The van der Waals surface area contributed by atoms with Crippen molar-refractivity contribution in [1.29, 1.82) is 0 Å². The zero-order valence-electron chi connectivity index (χ0n) is 11.9. The van der Waals surface area contributed by atoms with Gasteiger partial charge in [0.1, 0.15) is 11.4 Å². The summed E-state index contributed by atoms with van der Waals surface area (Å²) in [5.74, 6) is 0.760. The Balaban J connectivity index is 2.05. The van der Waals surface area contributed by atoms with Gasteiger partial charge in [-0.1, -0.05) is 13.3 Å². The van der Waals surface area contributed by atoms with Crippen molar-refractivity contribution >= 4 is 5.91 Å². The molecule has 0 aliphatic rings. The molecule has 2 N–H and O–H groups in total. The van der Waals surface area contributed by atoms with Gasteiger partial charge in [0.15, 0.2) is 0 Å². The molecule has 0 fully saturated rings. The zero-order valence-corrected chi connectivity index (χ0v) is 11.9. The number of carbonyl (C=O) groups is 1. The van der Waals surface area contributed by atoms with Crippen molar-refractivity contribution in [2.75, 3.05) is 13.7 Å². The van der Waals surface area contributed by atoms with Crippen molar-refractivity contribution in [3.8, 4) is 17.0 Å². The first-order chi connectivity index (χ1) is 9.74. The van der Waals surface area contributed by atoms with Crippen LogP contribution in [0.4, 0.5) is 0 Å². The van der Waals surface area contributed by atoms with Gasteiger partial charge >= 0.3 is 0 Å². The average molecular weight is 272 g/mol. The molecular weight excluding hydrogens is 252 g/mol. The van der Waals surface area contributed by atoms with Crippen molar-refractivity contribution in [3.63, 3.8) is 0 Å². The Hall–Kier alpha value is -2.23. The van der Waals surface area contributed by atoms with Crippen LogP contribution < -0.4 is 10.1 Å². The standard InChI is InChI=1S/C16H20N2O2/c1-3-4-11-17-16(19)15-10-9-14(18-15)12-5-7-13(20-2)8-6-12/h5-10,18H,3-4,11H2,1-2H3,(H,17,19). The SMILES string of the molecule is CCCCNC(=O)c1ccc(-c2ccc(OC)cc2)[nH]1. The third kappa shape index (κ3) is 3.41. The minimum absolute atomic E-state index is 0.0572. The smallest absolute Gasteiger partial charge is 0.267 e. The van der Waals surface area contributed by atoms with E-state index in [4.69, 9.17) is 4.74 Å². The highest BCUT2D eigenvalue weighted by Gasteiger charge is 2.08. The molecule has 1 heterocycles. The number of hydrogen-bond donors (Lipinski definition) is 2. The number of H-pyrrole nitrogens is 1. The number of nitrogens with one attached hydrogen (secondary N) is 2. The van der Waals surface area contributed by atoms with E-state index in [9.17, 15) is 4.79 Å². The monoisotopic (exact) mass is 272 g/mol. The number of methoxy groups -OCH3 is 1. The second kappa shape index (κ2) is 6.80. The topological polar surface area (TPSA) is 54.1 Å². The largest absolute Gasteiger partial charge is 0.497 e. The maximum Gasteiger partial charge on any atom is 0.267 e. The molecule has 0 saturated heterocycles. The molecule has 2 rings (SSSR count). The predicted molar refractivity (Wildman–Crippen MR) is 80.0 cm³/mol. The van der Waals surface area contributed by atoms with Gasteiger partial charge in [-0.3, -0.25) is 4.79 Å². The molecule has 4 nitrogen and oxygen atoms in total. The van der Waals surface area contributed by atoms with Gasteiger partial charge in [-0.15, -0.1) is 0 Å². The van der Waals surface area contributed by atoms with E-state index < -0.39 is 0 Å². The second-order valence-corrected chi connectivity index (χ2v) is 4.62. The molecular formula is C16H20N2O2. The van der Waals surface area contributed by atoms with Crippen molar-refractivity contribution in [2.45, 2.75) is 19.8 Å². The molecule has 1 amide bonds. The number of benzene rings is 1. The van der Waals surface area contributed by atoms with Gasteiger partial charge in [-0.25, -0.2) is 0 Å². The molecule has 0 spiro atoms. The summed E-state index contributed by atoms with van der Waals surface area (Å²) in [6.07, 6.45) is 2.07. The van der Waals surface area contributed by atoms with E-state index in [-0.39, 0.29) is 5.91 Å². The summed E-state index contributed by atoms with van der Waals surface area (Å²) in [5, 5.41) is 2.89. The molecule has 1 aromatic heterocycles. The van der Waals surface area contributed by atoms with E-state index in [0.717, 1.165) is 29.8 Å². The lowest BCUT2D eigenvalue weighted by Crippen LogP contribution is -2.24. The van der Waals surface area contributed by atoms with Crippen LogP contribution in [0.3, 0.4) is 0 Å². The van der Waals surface area contributed by atoms with E-state index in [1.54, 1.807) is 13.2 Å². The molecule has 0 bridgehead atoms. The highest BCUT2D eigenvalue weighted by molar-refractivity contribution is 5.93. The normalized spacial score (nSPS) is 10.3. The molecule has 0 radical (unpaired) electrons. The Labute approximate surface area is 119 Å². The number of unbranched alkanes of at least 4 members (excludes halogenated alkanes) is 1. The van der Waals surface area contributed by atoms with Crippen molar-refractivity contribution < 1.29 is 9.53 Å². The summed E-state index contributed by atoms with van der Waals surface area (Å²) in [7, 11) is 1.64. The summed E-state index contributed by atoms with van der Waals surface area (Å²) in [4.78, 5) is 15.0. The van der Waals surface area contributed by atoms with Crippen LogP contribution in [0, 0.1) is 0 Å². The Morgan fingerprint density at radius 3 is 2.60 bits per heavy atom. The number of hydrogen-bond acceptors (Lipinski definition) is 2. The molecule has 0 aliphatic carbocycles. The first-order valence-electron chi connectivity index (χ1n) is 6.86. The minimum atomic E-state index is -0.0572. The van der Waals surface area contributed by atoms with E-state index in [1.807, 2.05) is 30.3 Å². The number of aromatic amines is 1. The summed E-state index contributed by atoms with van der Waals surface area (Å²) >= 11 is 0. The van der Waals surface area contributed by atoms with E-state index in [2.05, 4.69) is 17.2 Å². The third-order valence-corrected chi connectivity index (χ3v) is 3.15. The molecule has 0 unspecified atom stereocenters. The van der Waals surface area contributed by atoms with Crippen LogP contribution in [0.5, 0.6) is 5.75 Å². The van der Waals surface area contributed by atoms with Crippen LogP contribution in [-0.2, 0) is 0 Å². The molecule has 2 aromatic rings. The maximum atomic E-state index is 11.9. The number of carbonyl (C=O) groups excluding carboxylic acids is 1. The highest BCUT2D eigenvalue weighted by atomic mass is 16.5. The lowest BCUT2D eigenvalue weighted by atomic mass is 10.1. The Morgan fingerprint density at radius 2 is 1.95 bits per heavy atom. The van der Waals surface area contributed by atoms with Gasteiger partial charge < -0.3 is 15.0 Å². The number of rotatable bonds is 6. The molecule has 106 valence electrons. The molecule has 0 aliphatic heterocycles. The Bertz CT molecular complexity index is 558. The molecule has 0 atom stereocenters. The number of ether oxygens (including phenoxy) is 1. The van der Waals surface area contributed by atoms with Crippen LogP contribution >= 0.6 is 0 Å². The Kier molecular flexibility index (Phi) is 4.82. The molecule has 1 aromatic carbocycles. The van der Waals surface area contributed by atoms with Crippen LogP contribution in [0.1, 0.15) is 30.3 Å². The fraction of sp³-hybridized carbons (Fsp3) is 0.312. The van der Waals surface area contributed by atoms with E-state index >= 15 is 0 Å². The molecule has 4 heteroatoms. The van der Waals surface area contributed by atoms with Crippen LogP contribution in [0.15, 0.2) is 36.4 Å². The number of amides is 1. The van der Waals surface area contributed by atoms with Crippen molar-refractivity contribution in [2.24, 2.45) is 0 Å². The summed E-state index contributed by atoms with van der Waals surface area (Å²) < 4.78 is 5.13. The third-order valence-electron chi connectivity index (χ3n) is 3.15. The van der Waals surface area contributed by atoms with Gasteiger partial charge in [-0.2, -0.15) is 0 Å². The lowest BCUT2D eigenvalue weighted by molar-refractivity contribution is 0.0949. The predicted octanol–water partition coefficient (Wildman–Crippen LogP) is 3.22. The van der Waals surface area contributed by atoms with Crippen LogP contribution in [0.2, 0.25) is 0 Å². The van der Waals surface area contributed by atoms with Gasteiger partial charge in [0.25, 0.3) is 5.91 Å². The van der Waals surface area contributed by atoms with Gasteiger partial charge in [0, 0.05) is 12.2 Å². The van der Waals surface area contributed by atoms with Gasteiger partial charge in [-0.05, 0) is 48.4 Å². The highest BCUT2D eigenvalue weighted by Crippen LogP contribution is 2.21. The van der Waals surface area contributed by atoms with E-state index in [1.165, 1.54) is 0 Å². The van der Waals surface area contributed by atoms with Gasteiger partial charge in [0.05, 0.1) is 7.11 Å². The second-order valence-electron chi connectivity index (χ2n) is 4.62. The summed E-state index contributed by atoms with van der Waals surface area (Å²) in [5.41, 5.74) is 2.54. The fourth-order valence-corrected chi connectivity index (χ4v) is 1.94. The van der Waals surface area contributed by atoms with Crippen molar-refractivity contribution in [1.82, 2.24) is 10.3 Å². The zero-order chi connectivity index (χ0) is 14.4. The minimum Gasteiger partial charge on any atom is -0.497 e. The first kappa shape index (κ1) is 14.2. The maximum absolute atomic E-state index is 11.9. The van der Waals surface area contributed by atoms with Crippen LogP contribution in [0.25, 0.3) is 11.3 Å². The molecule has 20 heavy (non-hydrogen) atoms. The summed E-state index contributed by atoms with van der Waals surface area (Å²) in [6.45, 7) is 2.81. The average Bonchev–Trinajstić information content (AvgIpc) is 2.97. The molecule has 0 saturated carbocycles. The summed E-state index contributed by atoms with van der Waals surface area (Å²) in [6, 6.07) is 11.4. The fourth-order valence-electron chi connectivity index (χ4n) is 1.94. The number of aromatic nitrogens is 1. The quantitative estimate of drug-likeness (QED) is 0.793. The van der Waals surface area contributed by atoms with Crippen molar-refractivity contribution in [3.05, 3.63) is 42.1 Å². The lowest BCUT2D eigenvalue weighted by Gasteiger charge is -2.03. The van der Waals surface area contributed by atoms with Gasteiger partial charge in [0.2, 0.25) is 0 Å². The van der Waals surface area contributed by atoms with Crippen LogP contribution in [-0.4, -0.2) is 24.5 Å².